The third kappa shape index (κ3) is 2.29. The highest BCUT2D eigenvalue weighted by Gasteiger charge is 2.42. The molecule has 102 valence electrons. The van der Waals surface area contributed by atoms with E-state index in [-0.39, 0.29) is 11.8 Å². The van der Waals surface area contributed by atoms with Crippen LogP contribution in [0.25, 0.3) is 0 Å². The summed E-state index contributed by atoms with van der Waals surface area (Å²) >= 11 is 0. The number of rotatable bonds is 3. The van der Waals surface area contributed by atoms with Crippen molar-refractivity contribution in [3.8, 4) is 0 Å². The standard InChI is InChI=1S/C19H20O/c1-2-14-13-17(15-9-5-3-6-10-15)18(19(14)20)16-11-7-4-8-12-16/h3-12,14,17-18H,2,13H2,1H3. The summed E-state index contributed by atoms with van der Waals surface area (Å²) in [7, 11) is 0. The third-order valence-corrected chi connectivity index (χ3v) is 4.53. The summed E-state index contributed by atoms with van der Waals surface area (Å²) < 4.78 is 0. The van der Waals surface area contributed by atoms with Gasteiger partial charge in [0.05, 0.1) is 0 Å². The fourth-order valence-electron chi connectivity index (χ4n) is 3.46. The van der Waals surface area contributed by atoms with Crippen LogP contribution >= 0.6 is 0 Å². The van der Waals surface area contributed by atoms with E-state index in [1.807, 2.05) is 24.3 Å². The fourth-order valence-corrected chi connectivity index (χ4v) is 3.46. The van der Waals surface area contributed by atoms with Gasteiger partial charge in [0.2, 0.25) is 0 Å². The van der Waals surface area contributed by atoms with Crippen molar-refractivity contribution >= 4 is 5.78 Å². The van der Waals surface area contributed by atoms with E-state index in [1.165, 1.54) is 11.1 Å². The predicted molar refractivity (Wildman–Crippen MR) is 81.8 cm³/mol. The van der Waals surface area contributed by atoms with Gasteiger partial charge in [0.25, 0.3) is 0 Å². The molecule has 1 heteroatoms. The molecule has 1 saturated carbocycles. The molecule has 0 saturated heterocycles. The maximum atomic E-state index is 12.7. The number of benzene rings is 2. The van der Waals surface area contributed by atoms with Crippen LogP contribution < -0.4 is 0 Å². The van der Waals surface area contributed by atoms with Crippen LogP contribution in [-0.4, -0.2) is 5.78 Å². The second kappa shape index (κ2) is 5.62. The Labute approximate surface area is 120 Å². The highest BCUT2D eigenvalue weighted by molar-refractivity contribution is 5.91. The Morgan fingerprint density at radius 2 is 1.45 bits per heavy atom. The first-order valence-corrected chi connectivity index (χ1v) is 7.45. The van der Waals surface area contributed by atoms with Gasteiger partial charge in [-0.2, -0.15) is 0 Å². The lowest BCUT2D eigenvalue weighted by atomic mass is 9.84. The number of carbonyl (C=O) groups excluding carboxylic acids is 1. The van der Waals surface area contributed by atoms with Crippen molar-refractivity contribution in [2.45, 2.75) is 31.6 Å². The molecule has 3 unspecified atom stereocenters. The van der Waals surface area contributed by atoms with Crippen molar-refractivity contribution in [3.05, 3.63) is 71.8 Å². The second-order valence-corrected chi connectivity index (χ2v) is 5.65. The van der Waals surface area contributed by atoms with Gasteiger partial charge in [-0.1, -0.05) is 67.6 Å². The Morgan fingerprint density at radius 3 is 2.00 bits per heavy atom. The SMILES string of the molecule is CCC1CC(c2ccccc2)C(c2ccccc2)C1=O. The van der Waals surface area contributed by atoms with Crippen LogP contribution in [-0.2, 0) is 4.79 Å². The first kappa shape index (κ1) is 13.1. The predicted octanol–water partition coefficient (Wildman–Crippen LogP) is 4.55. The van der Waals surface area contributed by atoms with Crippen molar-refractivity contribution in [2.75, 3.05) is 0 Å². The van der Waals surface area contributed by atoms with Crippen LogP contribution in [0.4, 0.5) is 0 Å². The lowest BCUT2D eigenvalue weighted by Crippen LogP contribution is -2.14. The smallest absolute Gasteiger partial charge is 0.144 e. The molecule has 0 heterocycles. The van der Waals surface area contributed by atoms with Gasteiger partial charge in [0.15, 0.2) is 0 Å². The molecular formula is C19H20O. The van der Waals surface area contributed by atoms with Crippen LogP contribution in [0.5, 0.6) is 0 Å². The molecular weight excluding hydrogens is 244 g/mol. The highest BCUT2D eigenvalue weighted by Crippen LogP contribution is 2.47. The molecule has 0 bridgehead atoms. The number of hydrogen-bond acceptors (Lipinski definition) is 1. The Morgan fingerprint density at radius 1 is 0.900 bits per heavy atom. The molecule has 3 rings (SSSR count). The van der Waals surface area contributed by atoms with E-state index in [9.17, 15) is 4.79 Å². The molecule has 0 aromatic heterocycles. The molecule has 0 spiro atoms. The molecule has 1 fully saturated rings. The van der Waals surface area contributed by atoms with Gasteiger partial charge < -0.3 is 0 Å². The normalized spacial score (nSPS) is 25.9. The molecule has 0 N–H and O–H groups in total. The van der Waals surface area contributed by atoms with E-state index in [0.717, 1.165) is 12.8 Å². The summed E-state index contributed by atoms with van der Waals surface area (Å²) in [6.45, 7) is 2.12. The molecule has 20 heavy (non-hydrogen) atoms. The number of carbonyl (C=O) groups is 1. The van der Waals surface area contributed by atoms with Gasteiger partial charge in [0, 0.05) is 11.8 Å². The third-order valence-electron chi connectivity index (χ3n) is 4.53. The summed E-state index contributed by atoms with van der Waals surface area (Å²) in [4.78, 5) is 12.7. The summed E-state index contributed by atoms with van der Waals surface area (Å²) in [5.41, 5.74) is 2.47. The number of hydrogen-bond donors (Lipinski definition) is 0. The van der Waals surface area contributed by atoms with Crippen molar-refractivity contribution < 1.29 is 4.79 Å². The molecule has 2 aromatic carbocycles. The zero-order valence-corrected chi connectivity index (χ0v) is 11.8. The Kier molecular flexibility index (Phi) is 3.68. The summed E-state index contributed by atoms with van der Waals surface area (Å²) in [5, 5.41) is 0. The summed E-state index contributed by atoms with van der Waals surface area (Å²) in [5.74, 6) is 0.998. The Bertz CT molecular complexity index is 573. The first-order chi connectivity index (χ1) is 9.81. The van der Waals surface area contributed by atoms with E-state index < -0.39 is 0 Å². The van der Waals surface area contributed by atoms with Crippen LogP contribution in [0.3, 0.4) is 0 Å². The zero-order valence-electron chi connectivity index (χ0n) is 11.8. The maximum Gasteiger partial charge on any atom is 0.144 e. The highest BCUT2D eigenvalue weighted by atomic mass is 16.1. The van der Waals surface area contributed by atoms with Crippen molar-refractivity contribution in [3.63, 3.8) is 0 Å². The largest absolute Gasteiger partial charge is 0.299 e. The van der Waals surface area contributed by atoms with E-state index in [4.69, 9.17) is 0 Å². The molecule has 0 amide bonds. The summed E-state index contributed by atoms with van der Waals surface area (Å²) in [6, 6.07) is 20.8. The van der Waals surface area contributed by atoms with Crippen molar-refractivity contribution in [1.82, 2.24) is 0 Å². The molecule has 1 aliphatic carbocycles. The summed E-state index contributed by atoms with van der Waals surface area (Å²) in [6.07, 6.45) is 1.93. The molecule has 0 radical (unpaired) electrons. The minimum atomic E-state index is 0.0311. The van der Waals surface area contributed by atoms with Gasteiger partial charge in [-0.15, -0.1) is 0 Å². The van der Waals surface area contributed by atoms with Gasteiger partial charge in [-0.25, -0.2) is 0 Å². The van der Waals surface area contributed by atoms with Crippen LogP contribution in [0, 0.1) is 5.92 Å². The lowest BCUT2D eigenvalue weighted by molar-refractivity contribution is -0.122. The van der Waals surface area contributed by atoms with E-state index in [1.54, 1.807) is 0 Å². The molecule has 3 atom stereocenters. The average Bonchev–Trinajstić information content (AvgIpc) is 2.86. The first-order valence-electron chi connectivity index (χ1n) is 7.45. The average molecular weight is 264 g/mol. The molecule has 1 aliphatic rings. The van der Waals surface area contributed by atoms with Gasteiger partial charge in [-0.05, 0) is 29.9 Å². The van der Waals surface area contributed by atoms with E-state index >= 15 is 0 Å². The fraction of sp³-hybridized carbons (Fsp3) is 0.316. The Balaban J connectivity index is 2.01. The minimum Gasteiger partial charge on any atom is -0.299 e. The Hall–Kier alpha value is -1.89. The number of Topliss-reactive ketones (excluding diaryl/α,β-unsaturated/α-hetero) is 1. The van der Waals surface area contributed by atoms with Crippen LogP contribution in [0.15, 0.2) is 60.7 Å². The number of ketones is 1. The van der Waals surface area contributed by atoms with Crippen molar-refractivity contribution in [2.24, 2.45) is 5.92 Å². The molecule has 2 aromatic rings. The molecule has 0 aliphatic heterocycles. The second-order valence-electron chi connectivity index (χ2n) is 5.65. The zero-order chi connectivity index (χ0) is 13.9. The topological polar surface area (TPSA) is 17.1 Å². The minimum absolute atomic E-state index is 0.0311. The van der Waals surface area contributed by atoms with Gasteiger partial charge >= 0.3 is 0 Å². The van der Waals surface area contributed by atoms with Gasteiger partial charge in [0.1, 0.15) is 5.78 Å². The van der Waals surface area contributed by atoms with Crippen LogP contribution in [0.2, 0.25) is 0 Å². The monoisotopic (exact) mass is 264 g/mol. The quantitative estimate of drug-likeness (QED) is 0.794. The van der Waals surface area contributed by atoms with E-state index in [0.29, 0.717) is 11.7 Å². The lowest BCUT2D eigenvalue weighted by Gasteiger charge is -2.19. The maximum absolute atomic E-state index is 12.7. The van der Waals surface area contributed by atoms with Crippen LogP contribution in [0.1, 0.15) is 42.7 Å². The van der Waals surface area contributed by atoms with E-state index in [2.05, 4.69) is 43.3 Å². The molecule has 1 nitrogen and oxygen atoms in total. The van der Waals surface area contributed by atoms with Gasteiger partial charge in [-0.3, -0.25) is 4.79 Å². The van der Waals surface area contributed by atoms with Crippen molar-refractivity contribution in [1.29, 1.82) is 0 Å².